The highest BCUT2D eigenvalue weighted by Gasteiger charge is 2.34. The van der Waals surface area contributed by atoms with Gasteiger partial charge in [-0.15, -0.1) is 0 Å². The fraction of sp³-hybridized carbons (Fsp3) is 0.400. The van der Waals surface area contributed by atoms with Crippen LogP contribution in [0.4, 0.5) is 5.69 Å². The summed E-state index contributed by atoms with van der Waals surface area (Å²) in [6.07, 6.45) is 0.777. The molecule has 0 spiro atoms. The van der Waals surface area contributed by atoms with Crippen molar-refractivity contribution in [2.75, 3.05) is 44.7 Å². The highest BCUT2D eigenvalue weighted by Crippen LogP contribution is 2.25. The first-order chi connectivity index (χ1) is 13.1. The summed E-state index contributed by atoms with van der Waals surface area (Å²) in [6, 6.07) is 16.0. The molecule has 2 aromatic carbocycles. The molecule has 0 amide bonds. The zero-order valence-corrected chi connectivity index (χ0v) is 16.4. The molecule has 6 nitrogen and oxygen atoms in total. The summed E-state index contributed by atoms with van der Waals surface area (Å²) in [6.45, 7) is 3.37. The second-order valence-electron chi connectivity index (χ2n) is 6.95. The minimum atomic E-state index is -3.43. The van der Waals surface area contributed by atoms with Gasteiger partial charge < -0.3 is 9.64 Å². The third-order valence-electron chi connectivity index (χ3n) is 5.41. The molecule has 0 saturated carbocycles. The van der Waals surface area contributed by atoms with Gasteiger partial charge in [-0.1, -0.05) is 30.3 Å². The number of hydrogen-bond donors (Lipinski definition) is 0. The van der Waals surface area contributed by atoms with Gasteiger partial charge >= 0.3 is 0 Å². The Bertz CT molecular complexity index is 908. The van der Waals surface area contributed by atoms with E-state index in [1.54, 1.807) is 15.7 Å². The molecule has 2 heterocycles. The minimum absolute atomic E-state index is 0.467. The van der Waals surface area contributed by atoms with E-state index in [2.05, 4.69) is 11.0 Å². The van der Waals surface area contributed by atoms with Crippen LogP contribution in [0, 0.1) is 0 Å². The quantitative estimate of drug-likeness (QED) is 0.806. The number of methoxy groups -OCH3 is 1. The zero-order valence-electron chi connectivity index (χ0n) is 15.5. The molecule has 0 atom stereocenters. The maximum Gasteiger partial charge on any atom is 0.282 e. The van der Waals surface area contributed by atoms with Crippen LogP contribution in [0.5, 0.6) is 5.75 Å². The van der Waals surface area contributed by atoms with Gasteiger partial charge in [0.15, 0.2) is 0 Å². The van der Waals surface area contributed by atoms with Crippen molar-refractivity contribution in [3.05, 3.63) is 59.7 Å². The average molecular weight is 388 g/mol. The van der Waals surface area contributed by atoms with E-state index in [-0.39, 0.29) is 0 Å². The van der Waals surface area contributed by atoms with Gasteiger partial charge in [-0.25, -0.2) is 0 Å². The van der Waals surface area contributed by atoms with E-state index in [0.29, 0.717) is 39.3 Å². The summed E-state index contributed by atoms with van der Waals surface area (Å²) in [4.78, 5) is 2.21. The Labute approximate surface area is 161 Å². The predicted octanol–water partition coefficient (Wildman–Crippen LogP) is 2.12. The van der Waals surface area contributed by atoms with Crippen molar-refractivity contribution >= 4 is 15.9 Å². The first kappa shape index (κ1) is 18.3. The Hall–Kier alpha value is -2.09. The van der Waals surface area contributed by atoms with E-state index in [1.165, 1.54) is 5.56 Å². The molecule has 1 saturated heterocycles. The highest BCUT2D eigenvalue weighted by molar-refractivity contribution is 7.86. The van der Waals surface area contributed by atoms with Crippen molar-refractivity contribution in [2.45, 2.75) is 13.0 Å². The number of rotatable bonds is 4. The first-order valence-electron chi connectivity index (χ1n) is 9.29. The number of fused-ring (bicyclic) bond motifs is 1. The molecule has 7 heteroatoms. The summed E-state index contributed by atoms with van der Waals surface area (Å²) in [5.41, 5.74) is 3.44. The molecule has 0 bridgehead atoms. The molecule has 2 aliphatic heterocycles. The van der Waals surface area contributed by atoms with E-state index >= 15 is 0 Å². The largest absolute Gasteiger partial charge is 0.497 e. The van der Waals surface area contributed by atoms with Gasteiger partial charge in [-0.05, 0) is 29.7 Å². The Kier molecular flexibility index (Phi) is 5.08. The fourth-order valence-corrected chi connectivity index (χ4v) is 5.39. The Morgan fingerprint density at radius 3 is 2.33 bits per heavy atom. The molecule has 0 N–H and O–H groups in total. The third-order valence-corrected chi connectivity index (χ3v) is 7.39. The van der Waals surface area contributed by atoms with Crippen molar-refractivity contribution in [3.63, 3.8) is 0 Å². The van der Waals surface area contributed by atoms with E-state index in [1.807, 2.05) is 42.5 Å². The maximum atomic E-state index is 13.1. The van der Waals surface area contributed by atoms with Gasteiger partial charge in [0.1, 0.15) is 5.75 Å². The first-order valence-corrected chi connectivity index (χ1v) is 10.7. The minimum Gasteiger partial charge on any atom is -0.497 e. The zero-order chi connectivity index (χ0) is 18.9. The summed E-state index contributed by atoms with van der Waals surface area (Å²) in [5, 5.41) is 0. The van der Waals surface area contributed by atoms with Crippen LogP contribution < -0.4 is 9.64 Å². The molecule has 2 aromatic rings. The Morgan fingerprint density at radius 1 is 0.852 bits per heavy atom. The van der Waals surface area contributed by atoms with Gasteiger partial charge in [0, 0.05) is 51.0 Å². The van der Waals surface area contributed by atoms with Crippen LogP contribution in [0.1, 0.15) is 11.1 Å². The molecule has 27 heavy (non-hydrogen) atoms. The van der Waals surface area contributed by atoms with Crippen LogP contribution >= 0.6 is 0 Å². The number of piperazine rings is 1. The number of nitrogens with zero attached hydrogens (tertiary/aromatic N) is 3. The molecule has 0 aliphatic carbocycles. The summed E-state index contributed by atoms with van der Waals surface area (Å²) < 4.78 is 34.7. The molecule has 0 aromatic heterocycles. The molecule has 0 radical (unpaired) electrons. The number of benzene rings is 2. The lowest BCUT2D eigenvalue weighted by atomic mass is 10.0. The molecule has 0 unspecified atom stereocenters. The Morgan fingerprint density at radius 2 is 1.59 bits per heavy atom. The maximum absolute atomic E-state index is 13.1. The van der Waals surface area contributed by atoms with Crippen LogP contribution in [-0.2, 0) is 23.2 Å². The van der Waals surface area contributed by atoms with Crippen LogP contribution in [0.2, 0.25) is 0 Å². The third kappa shape index (κ3) is 3.67. The molecule has 144 valence electrons. The molecule has 2 aliphatic rings. The van der Waals surface area contributed by atoms with E-state index in [9.17, 15) is 8.42 Å². The molecule has 1 fully saturated rings. The molecule has 4 rings (SSSR count). The standard InChI is InChI=1S/C20H25N3O3S/c1-26-20-8-4-7-19(15-20)21-11-13-22(14-12-21)27(24,25)23-10-9-17-5-2-3-6-18(17)16-23/h2-8,15H,9-14,16H2,1H3. The lowest BCUT2D eigenvalue weighted by Gasteiger charge is -2.38. The van der Waals surface area contributed by atoms with Gasteiger partial charge in [0.05, 0.1) is 7.11 Å². The fourth-order valence-electron chi connectivity index (χ4n) is 3.81. The van der Waals surface area contributed by atoms with E-state index < -0.39 is 10.2 Å². The summed E-state index contributed by atoms with van der Waals surface area (Å²) in [5.74, 6) is 0.814. The Balaban J connectivity index is 1.43. The SMILES string of the molecule is COc1cccc(N2CCN(S(=O)(=O)N3CCc4ccccc4C3)CC2)c1. The topological polar surface area (TPSA) is 53.1 Å². The van der Waals surface area contributed by atoms with Gasteiger partial charge in [-0.3, -0.25) is 0 Å². The van der Waals surface area contributed by atoms with Crippen LogP contribution in [-0.4, -0.2) is 56.9 Å². The monoisotopic (exact) mass is 387 g/mol. The second kappa shape index (κ2) is 7.50. The summed E-state index contributed by atoms with van der Waals surface area (Å²) >= 11 is 0. The molecular weight excluding hydrogens is 362 g/mol. The van der Waals surface area contributed by atoms with Crippen molar-refractivity contribution in [2.24, 2.45) is 0 Å². The van der Waals surface area contributed by atoms with Crippen LogP contribution in [0.25, 0.3) is 0 Å². The van der Waals surface area contributed by atoms with Crippen molar-refractivity contribution in [3.8, 4) is 5.75 Å². The smallest absolute Gasteiger partial charge is 0.282 e. The average Bonchev–Trinajstić information content (AvgIpc) is 2.73. The lowest BCUT2D eigenvalue weighted by Crippen LogP contribution is -2.53. The van der Waals surface area contributed by atoms with Gasteiger partial charge in [-0.2, -0.15) is 17.0 Å². The predicted molar refractivity (Wildman–Crippen MR) is 106 cm³/mol. The second-order valence-corrected chi connectivity index (χ2v) is 8.88. The number of anilines is 1. The molecular formula is C20H25N3O3S. The summed E-state index contributed by atoms with van der Waals surface area (Å²) in [7, 11) is -1.78. The highest BCUT2D eigenvalue weighted by atomic mass is 32.2. The normalized spacial score (nSPS) is 18.9. The van der Waals surface area contributed by atoms with Crippen LogP contribution in [0.15, 0.2) is 48.5 Å². The van der Waals surface area contributed by atoms with Crippen molar-refractivity contribution in [1.29, 1.82) is 0 Å². The van der Waals surface area contributed by atoms with E-state index in [0.717, 1.165) is 23.4 Å². The lowest BCUT2D eigenvalue weighted by molar-refractivity contribution is 0.314. The van der Waals surface area contributed by atoms with Gasteiger partial charge in [0.25, 0.3) is 10.2 Å². The van der Waals surface area contributed by atoms with Crippen molar-refractivity contribution < 1.29 is 13.2 Å². The van der Waals surface area contributed by atoms with Crippen molar-refractivity contribution in [1.82, 2.24) is 8.61 Å². The van der Waals surface area contributed by atoms with Crippen LogP contribution in [0.3, 0.4) is 0 Å². The van der Waals surface area contributed by atoms with E-state index in [4.69, 9.17) is 4.74 Å². The van der Waals surface area contributed by atoms with Gasteiger partial charge in [0.2, 0.25) is 0 Å². The number of ether oxygens (including phenoxy) is 1. The number of hydrogen-bond acceptors (Lipinski definition) is 4.